The van der Waals surface area contributed by atoms with Crippen molar-refractivity contribution in [1.29, 1.82) is 0 Å². The normalized spacial score (nSPS) is 13.9. The highest BCUT2D eigenvalue weighted by Crippen LogP contribution is 2.32. The smallest absolute Gasteiger partial charge is 0.238 e. The summed E-state index contributed by atoms with van der Waals surface area (Å²) in [5.74, 6) is 1.02. The summed E-state index contributed by atoms with van der Waals surface area (Å²) in [5, 5.41) is 6.49. The van der Waals surface area contributed by atoms with Gasteiger partial charge in [0.25, 0.3) is 0 Å². The minimum atomic E-state index is -3.44. The van der Waals surface area contributed by atoms with Crippen molar-refractivity contribution in [3.05, 3.63) is 52.8 Å². The van der Waals surface area contributed by atoms with E-state index in [4.69, 9.17) is 21.3 Å². The molecule has 11 heteroatoms. The van der Waals surface area contributed by atoms with E-state index < -0.39 is 9.84 Å². The van der Waals surface area contributed by atoms with Crippen LogP contribution in [0.15, 0.2) is 41.4 Å². The van der Waals surface area contributed by atoms with Gasteiger partial charge in [0, 0.05) is 19.5 Å². The van der Waals surface area contributed by atoms with Crippen LogP contribution in [-0.4, -0.2) is 54.2 Å². The number of para-hydroxylation sites is 1. The van der Waals surface area contributed by atoms with Gasteiger partial charge in [-0.3, -0.25) is 0 Å². The van der Waals surface area contributed by atoms with Gasteiger partial charge in [0.05, 0.1) is 34.8 Å². The standard InChI is InChI=1S/C23H27ClN6O3S/c1-4-33-22-19(12-15-14-30(3)11-10-17(15)27-22)28-23-25-13-16(24)21(29-23)26-18-8-6-7-9-20(18)34(31,32)5-2/h6-9,12-13H,4-5,10-11,14H2,1-3H3,(H2,25,26,28,29). The number of fused-ring (bicyclic) bond motifs is 1. The van der Waals surface area contributed by atoms with Crippen molar-refractivity contribution in [3.8, 4) is 5.88 Å². The van der Waals surface area contributed by atoms with E-state index in [2.05, 4.69) is 32.5 Å². The van der Waals surface area contributed by atoms with Crippen LogP contribution in [0.4, 0.5) is 23.1 Å². The third-order valence-corrected chi connectivity index (χ3v) is 7.52. The molecule has 3 heterocycles. The maximum Gasteiger partial charge on any atom is 0.238 e. The molecular weight excluding hydrogens is 476 g/mol. The van der Waals surface area contributed by atoms with E-state index in [9.17, 15) is 8.42 Å². The van der Waals surface area contributed by atoms with Crippen LogP contribution in [0.2, 0.25) is 5.02 Å². The second kappa shape index (κ2) is 10.1. The molecule has 4 rings (SSSR count). The van der Waals surface area contributed by atoms with Gasteiger partial charge in [-0.05, 0) is 37.7 Å². The molecule has 3 aromatic rings. The second-order valence-corrected chi connectivity index (χ2v) is 10.6. The first kappa shape index (κ1) is 24.2. The summed E-state index contributed by atoms with van der Waals surface area (Å²) in [6.45, 7) is 5.72. The van der Waals surface area contributed by atoms with E-state index in [1.54, 1.807) is 31.2 Å². The highest BCUT2D eigenvalue weighted by molar-refractivity contribution is 7.91. The maximum atomic E-state index is 12.5. The number of likely N-dealkylation sites (N-methyl/N-ethyl adjacent to an activating group) is 1. The molecule has 0 saturated carbocycles. The van der Waals surface area contributed by atoms with E-state index in [0.29, 0.717) is 23.9 Å². The summed E-state index contributed by atoms with van der Waals surface area (Å²) in [5.41, 5.74) is 3.19. The number of aromatic nitrogens is 3. The minimum Gasteiger partial charge on any atom is -0.476 e. The number of hydrogen-bond acceptors (Lipinski definition) is 9. The third-order valence-electron chi connectivity index (χ3n) is 5.45. The Labute approximate surface area is 204 Å². The molecule has 0 saturated heterocycles. The Hall–Kier alpha value is -2.95. The van der Waals surface area contributed by atoms with Gasteiger partial charge in [-0.2, -0.15) is 4.98 Å². The van der Waals surface area contributed by atoms with Gasteiger partial charge in [0.2, 0.25) is 11.8 Å². The molecule has 0 aliphatic carbocycles. The highest BCUT2D eigenvalue weighted by atomic mass is 35.5. The number of nitrogens with zero attached hydrogens (tertiary/aromatic N) is 4. The number of halogens is 1. The van der Waals surface area contributed by atoms with Crippen molar-refractivity contribution in [1.82, 2.24) is 19.9 Å². The van der Waals surface area contributed by atoms with Crippen LogP contribution in [0.3, 0.4) is 0 Å². The summed E-state index contributed by atoms with van der Waals surface area (Å²) < 4.78 is 30.8. The molecule has 180 valence electrons. The second-order valence-electron chi connectivity index (χ2n) is 7.91. The first-order valence-corrected chi connectivity index (χ1v) is 13.1. The third kappa shape index (κ3) is 5.24. The lowest BCUT2D eigenvalue weighted by atomic mass is 10.1. The molecule has 0 atom stereocenters. The van der Waals surface area contributed by atoms with E-state index in [1.807, 2.05) is 13.0 Å². The van der Waals surface area contributed by atoms with Crippen LogP contribution in [0.1, 0.15) is 25.1 Å². The number of nitrogens with one attached hydrogen (secondary N) is 2. The molecule has 1 aromatic carbocycles. The van der Waals surface area contributed by atoms with Crippen molar-refractivity contribution < 1.29 is 13.2 Å². The Morgan fingerprint density at radius 2 is 1.94 bits per heavy atom. The molecule has 0 unspecified atom stereocenters. The SMILES string of the molecule is CCOc1nc2c(cc1Nc1ncc(Cl)c(Nc3ccccc3S(=O)(=O)CC)n1)CN(C)CC2. The van der Waals surface area contributed by atoms with Crippen LogP contribution in [-0.2, 0) is 22.8 Å². The fraction of sp³-hybridized carbons (Fsp3) is 0.348. The lowest BCUT2D eigenvalue weighted by molar-refractivity contribution is 0.301. The summed E-state index contributed by atoms with van der Waals surface area (Å²) in [7, 11) is -1.37. The molecule has 0 fully saturated rings. The molecule has 0 radical (unpaired) electrons. The first-order valence-electron chi connectivity index (χ1n) is 11.0. The van der Waals surface area contributed by atoms with Gasteiger partial charge in [-0.1, -0.05) is 30.7 Å². The van der Waals surface area contributed by atoms with E-state index in [0.717, 1.165) is 30.8 Å². The Morgan fingerprint density at radius 3 is 2.71 bits per heavy atom. The molecular formula is C23H27ClN6O3S. The van der Waals surface area contributed by atoms with Crippen molar-refractivity contribution >= 4 is 44.6 Å². The zero-order chi connectivity index (χ0) is 24.3. The topological polar surface area (TPSA) is 109 Å². The summed E-state index contributed by atoms with van der Waals surface area (Å²) >= 11 is 6.33. The number of rotatable bonds is 8. The molecule has 9 nitrogen and oxygen atoms in total. The van der Waals surface area contributed by atoms with E-state index >= 15 is 0 Å². The Morgan fingerprint density at radius 1 is 1.15 bits per heavy atom. The number of hydrogen-bond donors (Lipinski definition) is 2. The lowest BCUT2D eigenvalue weighted by Gasteiger charge is -2.25. The van der Waals surface area contributed by atoms with Crippen molar-refractivity contribution in [3.63, 3.8) is 0 Å². The molecule has 34 heavy (non-hydrogen) atoms. The first-order chi connectivity index (χ1) is 16.3. The highest BCUT2D eigenvalue weighted by Gasteiger charge is 2.20. The lowest BCUT2D eigenvalue weighted by Crippen LogP contribution is -2.27. The average Bonchev–Trinajstić information content (AvgIpc) is 2.82. The van der Waals surface area contributed by atoms with Gasteiger partial charge in [0.15, 0.2) is 15.7 Å². The monoisotopic (exact) mass is 502 g/mol. The number of pyridine rings is 1. The van der Waals surface area contributed by atoms with Crippen LogP contribution < -0.4 is 15.4 Å². The largest absolute Gasteiger partial charge is 0.476 e. The van der Waals surface area contributed by atoms with Gasteiger partial charge in [-0.25, -0.2) is 18.4 Å². The fourth-order valence-corrected chi connectivity index (χ4v) is 4.88. The summed E-state index contributed by atoms with van der Waals surface area (Å²) in [6, 6.07) is 8.66. The fourth-order valence-electron chi connectivity index (χ4n) is 3.69. The van der Waals surface area contributed by atoms with Crippen molar-refractivity contribution in [2.24, 2.45) is 0 Å². The molecule has 1 aliphatic heterocycles. The molecule has 0 amide bonds. The maximum absolute atomic E-state index is 12.5. The quantitative estimate of drug-likeness (QED) is 0.468. The molecule has 2 N–H and O–H groups in total. The number of ether oxygens (including phenoxy) is 1. The van der Waals surface area contributed by atoms with Crippen molar-refractivity contribution in [2.45, 2.75) is 31.7 Å². The Bertz CT molecular complexity index is 1300. The zero-order valence-corrected chi connectivity index (χ0v) is 20.9. The predicted molar refractivity (Wildman–Crippen MR) is 133 cm³/mol. The number of anilines is 4. The Balaban J connectivity index is 1.66. The summed E-state index contributed by atoms with van der Waals surface area (Å²) in [4.78, 5) is 15.9. The molecule has 0 bridgehead atoms. The Kier molecular flexibility index (Phi) is 7.20. The van der Waals surface area contributed by atoms with Crippen molar-refractivity contribution in [2.75, 3.05) is 36.6 Å². The van der Waals surface area contributed by atoms with Gasteiger partial charge in [0.1, 0.15) is 10.7 Å². The molecule has 1 aliphatic rings. The van der Waals surface area contributed by atoms with Crippen LogP contribution >= 0.6 is 11.6 Å². The van der Waals surface area contributed by atoms with Crippen LogP contribution in [0.5, 0.6) is 5.88 Å². The minimum absolute atomic E-state index is 0.0171. The zero-order valence-electron chi connectivity index (χ0n) is 19.3. The van der Waals surface area contributed by atoms with Gasteiger partial charge < -0.3 is 20.3 Å². The van der Waals surface area contributed by atoms with E-state index in [-0.39, 0.29) is 27.4 Å². The average molecular weight is 503 g/mol. The predicted octanol–water partition coefficient (Wildman–Crippen LogP) is 4.19. The summed E-state index contributed by atoms with van der Waals surface area (Å²) in [6.07, 6.45) is 2.31. The molecule has 0 spiro atoms. The van der Waals surface area contributed by atoms with Crippen LogP contribution in [0.25, 0.3) is 0 Å². The van der Waals surface area contributed by atoms with Gasteiger partial charge in [-0.15, -0.1) is 0 Å². The number of benzene rings is 1. The van der Waals surface area contributed by atoms with E-state index in [1.165, 1.54) is 6.20 Å². The molecule has 2 aromatic heterocycles. The van der Waals surface area contributed by atoms with Gasteiger partial charge >= 0.3 is 0 Å². The van der Waals surface area contributed by atoms with Crippen LogP contribution in [0, 0.1) is 0 Å². The number of sulfone groups is 1.